The minimum absolute atomic E-state index is 0.0734. The van der Waals surface area contributed by atoms with E-state index in [9.17, 15) is 14.4 Å². The number of hydrogen-bond donors (Lipinski definition) is 3. The van der Waals surface area contributed by atoms with Crippen molar-refractivity contribution in [1.29, 1.82) is 0 Å². The SMILES string of the molecule is CC(NC(=O)CCNC(=O)c1ccc(Br)cc1)c1ccc(NC(=O)C2CC2)cc1. The van der Waals surface area contributed by atoms with E-state index in [2.05, 4.69) is 31.9 Å². The van der Waals surface area contributed by atoms with Crippen LogP contribution >= 0.6 is 15.9 Å². The van der Waals surface area contributed by atoms with E-state index in [0.717, 1.165) is 28.6 Å². The number of carbonyl (C=O) groups excluding carboxylic acids is 3. The van der Waals surface area contributed by atoms with Gasteiger partial charge in [-0.3, -0.25) is 14.4 Å². The highest BCUT2D eigenvalue weighted by molar-refractivity contribution is 9.10. The first-order valence-electron chi connectivity index (χ1n) is 9.66. The second-order valence-electron chi connectivity index (χ2n) is 7.19. The first-order chi connectivity index (χ1) is 13.9. The number of hydrogen-bond acceptors (Lipinski definition) is 3. The molecule has 6 nitrogen and oxygen atoms in total. The highest BCUT2D eigenvalue weighted by Gasteiger charge is 2.29. The molecule has 0 spiro atoms. The van der Waals surface area contributed by atoms with E-state index in [0.29, 0.717) is 5.56 Å². The summed E-state index contributed by atoms with van der Waals surface area (Å²) < 4.78 is 0.903. The van der Waals surface area contributed by atoms with Crippen LogP contribution in [0.3, 0.4) is 0 Å². The Morgan fingerprint density at radius 3 is 2.31 bits per heavy atom. The molecule has 29 heavy (non-hydrogen) atoms. The molecule has 3 N–H and O–H groups in total. The lowest BCUT2D eigenvalue weighted by atomic mass is 10.1. The molecule has 1 fully saturated rings. The fourth-order valence-electron chi connectivity index (χ4n) is 2.83. The van der Waals surface area contributed by atoms with Crippen molar-refractivity contribution in [2.45, 2.75) is 32.2 Å². The molecule has 1 atom stereocenters. The average molecular weight is 458 g/mol. The second kappa shape index (κ2) is 9.69. The average Bonchev–Trinajstić information content (AvgIpc) is 3.54. The Hall–Kier alpha value is -2.67. The minimum Gasteiger partial charge on any atom is -0.352 e. The van der Waals surface area contributed by atoms with Gasteiger partial charge in [0, 0.05) is 34.6 Å². The van der Waals surface area contributed by atoms with Crippen LogP contribution in [-0.4, -0.2) is 24.3 Å². The molecule has 2 aromatic rings. The summed E-state index contributed by atoms with van der Waals surface area (Å²) in [5.74, 6) is -0.108. The molecule has 0 heterocycles. The fraction of sp³-hybridized carbons (Fsp3) is 0.318. The van der Waals surface area contributed by atoms with Crippen molar-refractivity contribution in [3.05, 3.63) is 64.1 Å². The molecule has 0 radical (unpaired) electrons. The van der Waals surface area contributed by atoms with Gasteiger partial charge in [0.05, 0.1) is 6.04 Å². The summed E-state index contributed by atoms with van der Waals surface area (Å²) in [6, 6.07) is 14.3. The van der Waals surface area contributed by atoms with Crippen molar-refractivity contribution in [3.8, 4) is 0 Å². The summed E-state index contributed by atoms with van der Waals surface area (Å²) in [6.45, 7) is 2.16. The largest absolute Gasteiger partial charge is 0.352 e. The lowest BCUT2D eigenvalue weighted by Crippen LogP contribution is -2.32. The van der Waals surface area contributed by atoms with Crippen LogP contribution in [0.5, 0.6) is 0 Å². The van der Waals surface area contributed by atoms with Crippen molar-refractivity contribution in [1.82, 2.24) is 10.6 Å². The molecule has 152 valence electrons. The summed E-state index contributed by atoms with van der Waals surface area (Å²) in [7, 11) is 0. The summed E-state index contributed by atoms with van der Waals surface area (Å²) in [5, 5.41) is 8.57. The molecule has 1 aliphatic carbocycles. The number of anilines is 1. The third kappa shape index (κ3) is 6.42. The molecule has 0 bridgehead atoms. The van der Waals surface area contributed by atoms with Crippen LogP contribution in [-0.2, 0) is 9.59 Å². The molecule has 7 heteroatoms. The van der Waals surface area contributed by atoms with Gasteiger partial charge in [0.2, 0.25) is 11.8 Å². The normalized spacial score (nSPS) is 14.0. The number of carbonyl (C=O) groups is 3. The maximum atomic E-state index is 12.2. The minimum atomic E-state index is -0.206. The van der Waals surface area contributed by atoms with Gasteiger partial charge in [-0.15, -0.1) is 0 Å². The first-order valence-corrected chi connectivity index (χ1v) is 10.5. The zero-order valence-electron chi connectivity index (χ0n) is 16.2. The Labute approximate surface area is 178 Å². The Kier molecular flexibility index (Phi) is 7.04. The molecular weight excluding hydrogens is 434 g/mol. The molecule has 3 amide bonds. The quantitative estimate of drug-likeness (QED) is 0.563. The monoisotopic (exact) mass is 457 g/mol. The Morgan fingerprint density at radius 2 is 1.69 bits per heavy atom. The number of nitrogens with one attached hydrogen (secondary N) is 3. The number of halogens is 1. The third-order valence-corrected chi connectivity index (χ3v) is 5.28. The van der Waals surface area contributed by atoms with Gasteiger partial charge in [-0.05, 0) is 61.7 Å². The zero-order chi connectivity index (χ0) is 20.8. The van der Waals surface area contributed by atoms with Crippen molar-refractivity contribution >= 4 is 39.3 Å². The molecule has 2 aromatic carbocycles. The molecule has 1 aliphatic rings. The van der Waals surface area contributed by atoms with Crippen molar-refractivity contribution in [2.75, 3.05) is 11.9 Å². The summed E-state index contributed by atoms with van der Waals surface area (Å²) in [6.07, 6.45) is 2.13. The summed E-state index contributed by atoms with van der Waals surface area (Å²) in [5.41, 5.74) is 2.26. The van der Waals surface area contributed by atoms with Gasteiger partial charge in [-0.25, -0.2) is 0 Å². The topological polar surface area (TPSA) is 87.3 Å². The molecular formula is C22H24BrN3O3. The van der Waals surface area contributed by atoms with Gasteiger partial charge in [0.15, 0.2) is 0 Å². The highest BCUT2D eigenvalue weighted by Crippen LogP contribution is 2.30. The highest BCUT2D eigenvalue weighted by atomic mass is 79.9. The van der Waals surface area contributed by atoms with Gasteiger partial charge in [-0.2, -0.15) is 0 Å². The van der Waals surface area contributed by atoms with E-state index in [-0.39, 0.29) is 42.6 Å². The van der Waals surface area contributed by atoms with Crippen LogP contribution in [0.15, 0.2) is 53.0 Å². The van der Waals surface area contributed by atoms with Crippen molar-refractivity contribution < 1.29 is 14.4 Å². The number of rotatable bonds is 8. The van der Waals surface area contributed by atoms with Crippen molar-refractivity contribution in [3.63, 3.8) is 0 Å². The lowest BCUT2D eigenvalue weighted by Gasteiger charge is -2.15. The predicted octanol–water partition coefficient (Wildman–Crippen LogP) is 3.79. The van der Waals surface area contributed by atoms with Crippen LogP contribution < -0.4 is 16.0 Å². The Bertz CT molecular complexity index is 877. The number of benzene rings is 2. The number of amides is 3. The van der Waals surface area contributed by atoms with E-state index in [1.807, 2.05) is 31.2 Å². The second-order valence-corrected chi connectivity index (χ2v) is 8.10. The third-order valence-electron chi connectivity index (χ3n) is 4.75. The zero-order valence-corrected chi connectivity index (χ0v) is 17.8. The van der Waals surface area contributed by atoms with Gasteiger partial charge in [-0.1, -0.05) is 28.1 Å². The van der Waals surface area contributed by atoms with Gasteiger partial charge >= 0.3 is 0 Å². The maximum absolute atomic E-state index is 12.2. The van der Waals surface area contributed by atoms with Crippen LogP contribution in [0.25, 0.3) is 0 Å². The van der Waals surface area contributed by atoms with Gasteiger partial charge in [0.25, 0.3) is 5.91 Å². The van der Waals surface area contributed by atoms with E-state index >= 15 is 0 Å². The van der Waals surface area contributed by atoms with Gasteiger partial charge < -0.3 is 16.0 Å². The lowest BCUT2D eigenvalue weighted by molar-refractivity contribution is -0.121. The molecule has 1 unspecified atom stereocenters. The van der Waals surface area contributed by atoms with Crippen LogP contribution in [0.4, 0.5) is 5.69 Å². The maximum Gasteiger partial charge on any atom is 0.251 e. The Balaban J connectivity index is 1.40. The standard InChI is InChI=1S/C22H24BrN3O3/c1-14(15-6-10-19(11-7-15)26-22(29)17-2-3-17)25-20(27)12-13-24-21(28)16-4-8-18(23)9-5-16/h4-11,14,17H,2-3,12-13H2,1H3,(H,24,28)(H,25,27)(H,26,29). The van der Waals surface area contributed by atoms with E-state index in [1.165, 1.54) is 0 Å². The fourth-order valence-corrected chi connectivity index (χ4v) is 3.10. The molecule has 3 rings (SSSR count). The van der Waals surface area contributed by atoms with Crippen LogP contribution in [0.1, 0.15) is 48.1 Å². The van der Waals surface area contributed by atoms with E-state index < -0.39 is 0 Å². The van der Waals surface area contributed by atoms with Crippen LogP contribution in [0.2, 0.25) is 0 Å². The van der Waals surface area contributed by atoms with Crippen molar-refractivity contribution in [2.24, 2.45) is 5.92 Å². The molecule has 0 saturated heterocycles. The van der Waals surface area contributed by atoms with Gasteiger partial charge in [0.1, 0.15) is 0 Å². The smallest absolute Gasteiger partial charge is 0.251 e. The van der Waals surface area contributed by atoms with E-state index in [1.54, 1.807) is 24.3 Å². The molecule has 0 aliphatic heterocycles. The molecule has 1 saturated carbocycles. The van der Waals surface area contributed by atoms with E-state index in [4.69, 9.17) is 0 Å². The molecule has 0 aromatic heterocycles. The Morgan fingerprint density at radius 1 is 1.03 bits per heavy atom. The first kappa shape index (κ1) is 21.0. The van der Waals surface area contributed by atoms with Crippen LogP contribution in [0, 0.1) is 5.92 Å². The summed E-state index contributed by atoms with van der Waals surface area (Å²) >= 11 is 3.33. The summed E-state index contributed by atoms with van der Waals surface area (Å²) in [4.78, 5) is 36.0. The predicted molar refractivity (Wildman–Crippen MR) is 115 cm³/mol.